The zero-order valence-corrected chi connectivity index (χ0v) is 13.4. The van der Waals surface area contributed by atoms with E-state index < -0.39 is 0 Å². The van der Waals surface area contributed by atoms with E-state index in [0.29, 0.717) is 17.3 Å². The van der Waals surface area contributed by atoms with E-state index in [1.54, 1.807) is 22.1 Å². The highest BCUT2D eigenvalue weighted by molar-refractivity contribution is 7.99. The fourth-order valence-electron chi connectivity index (χ4n) is 2.18. The summed E-state index contributed by atoms with van der Waals surface area (Å²) in [5.41, 5.74) is 0.170. The Morgan fingerprint density at radius 3 is 3.00 bits per heavy atom. The number of nitrogens with zero attached hydrogens (tertiary/aromatic N) is 4. The van der Waals surface area contributed by atoms with Crippen LogP contribution >= 0.6 is 23.1 Å². The minimum absolute atomic E-state index is 0.386. The first-order valence-corrected chi connectivity index (χ1v) is 8.48. The highest BCUT2D eigenvalue weighted by atomic mass is 32.2. The van der Waals surface area contributed by atoms with Gasteiger partial charge in [-0.25, -0.2) is 9.48 Å². The Labute approximate surface area is 138 Å². The third kappa shape index (κ3) is 2.90. The number of hydrogen-bond acceptors (Lipinski definition) is 7. The van der Waals surface area contributed by atoms with Gasteiger partial charge in [-0.1, -0.05) is 24.3 Å². The lowest BCUT2D eigenvalue weighted by Crippen LogP contribution is -2.03. The van der Waals surface area contributed by atoms with Crippen molar-refractivity contribution in [3.8, 4) is 0 Å². The minimum atomic E-state index is -0.386. The summed E-state index contributed by atoms with van der Waals surface area (Å²) in [5.74, 6) is 0. The first-order chi connectivity index (χ1) is 11.3. The molecule has 0 atom stereocenters. The summed E-state index contributed by atoms with van der Waals surface area (Å²) in [6.07, 6.45) is 0. The second kappa shape index (κ2) is 5.98. The SMILES string of the molecule is O=c1cc(Sc2nnnn2Cc2cccs2)c2ccccc2o1. The van der Waals surface area contributed by atoms with Gasteiger partial charge >= 0.3 is 5.63 Å². The quantitative estimate of drug-likeness (QED) is 0.531. The Morgan fingerprint density at radius 1 is 1.22 bits per heavy atom. The fraction of sp³-hybridized carbons (Fsp3) is 0.0667. The molecular weight excluding hydrogens is 332 g/mol. The Kier molecular flexibility index (Phi) is 3.68. The molecule has 0 unspecified atom stereocenters. The zero-order chi connectivity index (χ0) is 15.6. The summed E-state index contributed by atoms with van der Waals surface area (Å²) in [4.78, 5) is 13.7. The van der Waals surface area contributed by atoms with Crippen molar-refractivity contribution in [2.24, 2.45) is 0 Å². The predicted molar refractivity (Wildman–Crippen MR) is 87.8 cm³/mol. The summed E-state index contributed by atoms with van der Waals surface area (Å²) in [5, 5.41) is 15.4. The lowest BCUT2D eigenvalue weighted by molar-refractivity contribution is 0.557. The van der Waals surface area contributed by atoms with Crippen LogP contribution in [0.25, 0.3) is 11.0 Å². The van der Waals surface area contributed by atoms with Crippen LogP contribution in [0.5, 0.6) is 0 Å². The maximum absolute atomic E-state index is 11.7. The van der Waals surface area contributed by atoms with Crippen LogP contribution in [0.3, 0.4) is 0 Å². The molecule has 4 rings (SSSR count). The van der Waals surface area contributed by atoms with Crippen molar-refractivity contribution < 1.29 is 4.42 Å². The minimum Gasteiger partial charge on any atom is -0.423 e. The molecule has 3 heterocycles. The van der Waals surface area contributed by atoms with Crippen molar-refractivity contribution in [2.45, 2.75) is 16.6 Å². The van der Waals surface area contributed by atoms with Gasteiger partial charge in [-0.15, -0.1) is 16.4 Å². The largest absolute Gasteiger partial charge is 0.423 e. The molecule has 0 fully saturated rings. The maximum atomic E-state index is 11.7. The smallest absolute Gasteiger partial charge is 0.337 e. The number of aromatic nitrogens is 4. The van der Waals surface area contributed by atoms with Crippen molar-refractivity contribution >= 4 is 34.1 Å². The second-order valence-electron chi connectivity index (χ2n) is 4.73. The van der Waals surface area contributed by atoms with E-state index in [1.165, 1.54) is 17.8 Å². The predicted octanol–water partition coefficient (Wildman–Crippen LogP) is 3.04. The van der Waals surface area contributed by atoms with Crippen molar-refractivity contribution in [3.63, 3.8) is 0 Å². The van der Waals surface area contributed by atoms with Crippen molar-refractivity contribution in [1.29, 1.82) is 0 Å². The average Bonchev–Trinajstić information content (AvgIpc) is 3.20. The van der Waals surface area contributed by atoms with Crippen LogP contribution < -0.4 is 5.63 Å². The summed E-state index contributed by atoms with van der Waals surface area (Å²) in [6, 6.07) is 12.9. The number of benzene rings is 1. The molecular formula is C15H10N4O2S2. The number of fused-ring (bicyclic) bond motifs is 1. The molecule has 0 aliphatic heterocycles. The maximum Gasteiger partial charge on any atom is 0.337 e. The summed E-state index contributed by atoms with van der Waals surface area (Å²) in [6.45, 7) is 0.604. The third-order valence-corrected chi connectivity index (χ3v) is 5.09. The Morgan fingerprint density at radius 2 is 2.13 bits per heavy atom. The Balaban J connectivity index is 1.72. The third-order valence-electron chi connectivity index (χ3n) is 3.20. The van der Waals surface area contributed by atoms with Crippen molar-refractivity contribution in [3.05, 3.63) is 63.1 Å². The molecule has 0 aliphatic carbocycles. The van der Waals surface area contributed by atoms with Crippen LogP contribution in [-0.4, -0.2) is 20.2 Å². The molecule has 3 aromatic heterocycles. The lowest BCUT2D eigenvalue weighted by atomic mass is 10.2. The molecule has 0 radical (unpaired) electrons. The normalized spacial score (nSPS) is 11.1. The molecule has 0 spiro atoms. The summed E-state index contributed by atoms with van der Waals surface area (Å²) < 4.78 is 6.93. The van der Waals surface area contributed by atoms with Gasteiger partial charge in [0.15, 0.2) is 0 Å². The van der Waals surface area contributed by atoms with E-state index in [2.05, 4.69) is 15.5 Å². The lowest BCUT2D eigenvalue weighted by Gasteiger charge is -2.05. The van der Waals surface area contributed by atoms with Crippen LogP contribution in [0.1, 0.15) is 4.88 Å². The zero-order valence-electron chi connectivity index (χ0n) is 11.7. The van der Waals surface area contributed by atoms with Gasteiger partial charge in [-0.05, 0) is 39.7 Å². The van der Waals surface area contributed by atoms with E-state index in [4.69, 9.17) is 4.42 Å². The van der Waals surface area contributed by atoms with Gasteiger partial charge in [0.25, 0.3) is 0 Å². The van der Waals surface area contributed by atoms with Crippen molar-refractivity contribution in [2.75, 3.05) is 0 Å². The first kappa shape index (κ1) is 14.2. The van der Waals surface area contributed by atoms with Gasteiger partial charge in [0, 0.05) is 21.2 Å². The number of rotatable bonds is 4. The molecule has 0 saturated heterocycles. The molecule has 1 aromatic carbocycles. The standard InChI is InChI=1S/C15H10N4O2S2/c20-14-8-13(11-5-1-2-6-12(11)21-14)23-15-16-17-18-19(15)9-10-4-3-7-22-10/h1-8H,9H2. The second-order valence-corrected chi connectivity index (χ2v) is 6.77. The average molecular weight is 342 g/mol. The molecule has 8 heteroatoms. The molecule has 0 bridgehead atoms. The molecule has 6 nitrogen and oxygen atoms in total. The number of thiophene rings is 1. The van der Waals surface area contributed by atoms with E-state index >= 15 is 0 Å². The first-order valence-electron chi connectivity index (χ1n) is 6.79. The van der Waals surface area contributed by atoms with Crippen LogP contribution in [-0.2, 0) is 6.54 Å². The van der Waals surface area contributed by atoms with Crippen LogP contribution in [0.2, 0.25) is 0 Å². The molecule has 4 aromatic rings. The number of hydrogen-bond donors (Lipinski definition) is 0. The molecule has 114 valence electrons. The fourth-order valence-corrected chi connectivity index (χ4v) is 3.78. The van der Waals surface area contributed by atoms with Gasteiger partial charge in [-0.2, -0.15) is 0 Å². The highest BCUT2D eigenvalue weighted by Crippen LogP contribution is 2.31. The Bertz CT molecular complexity index is 1010. The van der Waals surface area contributed by atoms with E-state index in [-0.39, 0.29) is 5.63 Å². The molecule has 0 aliphatic rings. The van der Waals surface area contributed by atoms with Gasteiger partial charge in [0.05, 0.1) is 6.54 Å². The van der Waals surface area contributed by atoms with Crippen LogP contribution in [0, 0.1) is 0 Å². The number of para-hydroxylation sites is 1. The molecule has 23 heavy (non-hydrogen) atoms. The topological polar surface area (TPSA) is 73.8 Å². The van der Waals surface area contributed by atoms with E-state index in [0.717, 1.165) is 15.2 Å². The van der Waals surface area contributed by atoms with Crippen LogP contribution in [0.4, 0.5) is 0 Å². The van der Waals surface area contributed by atoms with Crippen molar-refractivity contribution in [1.82, 2.24) is 20.2 Å². The molecule has 0 saturated carbocycles. The molecule has 0 N–H and O–H groups in total. The monoisotopic (exact) mass is 342 g/mol. The van der Waals surface area contributed by atoms with Gasteiger partial charge in [0.1, 0.15) is 5.58 Å². The van der Waals surface area contributed by atoms with E-state index in [9.17, 15) is 4.79 Å². The summed E-state index contributed by atoms with van der Waals surface area (Å²) in [7, 11) is 0. The van der Waals surface area contributed by atoms with Gasteiger partial charge in [-0.3, -0.25) is 0 Å². The highest BCUT2D eigenvalue weighted by Gasteiger charge is 2.13. The Hall–Kier alpha value is -2.45. The summed E-state index contributed by atoms with van der Waals surface area (Å²) >= 11 is 3.01. The molecule has 0 amide bonds. The van der Waals surface area contributed by atoms with E-state index in [1.807, 2.05) is 35.7 Å². The van der Waals surface area contributed by atoms with Crippen LogP contribution in [0.15, 0.2) is 67.1 Å². The number of tetrazole rings is 1. The van der Waals surface area contributed by atoms with Gasteiger partial charge in [0.2, 0.25) is 5.16 Å². The van der Waals surface area contributed by atoms with Gasteiger partial charge < -0.3 is 4.42 Å².